The van der Waals surface area contributed by atoms with Crippen LogP contribution < -0.4 is 9.47 Å². The highest BCUT2D eigenvalue weighted by Gasteiger charge is 2.12. The van der Waals surface area contributed by atoms with Crippen molar-refractivity contribution in [2.75, 3.05) is 13.2 Å². The molecule has 0 fully saturated rings. The van der Waals surface area contributed by atoms with E-state index in [0.717, 1.165) is 27.7 Å². The van der Waals surface area contributed by atoms with Gasteiger partial charge in [-0.2, -0.15) is 5.26 Å². The molecule has 5 heteroatoms. The zero-order valence-electron chi connectivity index (χ0n) is 11.1. The fourth-order valence-electron chi connectivity index (χ4n) is 1.99. The van der Waals surface area contributed by atoms with Crippen LogP contribution in [0.1, 0.15) is 12.0 Å². The largest absolute Gasteiger partial charge is 0.490 e. The molecule has 106 valence electrons. The Labute approximate surface area is 132 Å². The van der Waals surface area contributed by atoms with E-state index in [9.17, 15) is 0 Å². The number of hydrogen-bond acceptors (Lipinski definition) is 4. The molecule has 3 nitrogen and oxygen atoms in total. The number of rotatable bonds is 2. The molecule has 0 amide bonds. The summed E-state index contributed by atoms with van der Waals surface area (Å²) in [7, 11) is 0. The van der Waals surface area contributed by atoms with Gasteiger partial charge in [0.05, 0.1) is 29.9 Å². The van der Waals surface area contributed by atoms with Crippen molar-refractivity contribution in [3.05, 3.63) is 47.0 Å². The summed E-state index contributed by atoms with van der Waals surface area (Å²) in [6, 6.07) is 13.2. The van der Waals surface area contributed by atoms with Crippen molar-refractivity contribution in [2.45, 2.75) is 16.2 Å². The van der Waals surface area contributed by atoms with Gasteiger partial charge in [0.1, 0.15) is 0 Å². The van der Waals surface area contributed by atoms with Crippen LogP contribution in [-0.2, 0) is 0 Å². The number of nitrogens with zero attached hydrogens (tertiary/aromatic N) is 1. The number of ether oxygens (including phenoxy) is 2. The topological polar surface area (TPSA) is 42.2 Å². The molecule has 2 aromatic rings. The van der Waals surface area contributed by atoms with E-state index in [2.05, 4.69) is 6.07 Å². The third-order valence-electron chi connectivity index (χ3n) is 3.01. The summed E-state index contributed by atoms with van der Waals surface area (Å²) in [6.45, 7) is 1.35. The van der Waals surface area contributed by atoms with Gasteiger partial charge in [0.2, 0.25) is 0 Å². The second kappa shape index (κ2) is 6.30. The summed E-state index contributed by atoms with van der Waals surface area (Å²) in [6.07, 6.45) is 0.888. The smallest absolute Gasteiger partial charge is 0.162 e. The van der Waals surface area contributed by atoms with Crippen molar-refractivity contribution in [1.29, 1.82) is 5.26 Å². The fourth-order valence-corrected chi connectivity index (χ4v) is 3.13. The van der Waals surface area contributed by atoms with Crippen molar-refractivity contribution >= 4 is 23.4 Å². The minimum absolute atomic E-state index is 0.558. The van der Waals surface area contributed by atoms with E-state index in [1.807, 2.05) is 24.3 Å². The number of benzene rings is 2. The van der Waals surface area contributed by atoms with Crippen molar-refractivity contribution in [1.82, 2.24) is 0 Å². The van der Waals surface area contributed by atoms with E-state index in [1.165, 1.54) is 11.8 Å². The van der Waals surface area contributed by atoms with Crippen LogP contribution in [0, 0.1) is 11.3 Å². The Morgan fingerprint density at radius 3 is 2.62 bits per heavy atom. The number of nitriles is 1. The summed E-state index contributed by atoms with van der Waals surface area (Å²) >= 11 is 7.74. The molecule has 0 aliphatic carbocycles. The predicted molar refractivity (Wildman–Crippen MR) is 82.3 cm³/mol. The van der Waals surface area contributed by atoms with E-state index in [1.54, 1.807) is 12.1 Å². The molecule has 3 rings (SSSR count). The molecule has 0 aromatic heterocycles. The average Bonchev–Trinajstić information content (AvgIpc) is 2.74. The number of fused-ring (bicyclic) bond motifs is 1. The third kappa shape index (κ3) is 3.26. The van der Waals surface area contributed by atoms with Crippen LogP contribution in [0.5, 0.6) is 11.5 Å². The van der Waals surface area contributed by atoms with Gasteiger partial charge < -0.3 is 9.47 Å². The zero-order valence-corrected chi connectivity index (χ0v) is 12.7. The average molecular weight is 318 g/mol. The van der Waals surface area contributed by atoms with Gasteiger partial charge in [-0.05, 0) is 36.4 Å². The Morgan fingerprint density at radius 2 is 1.86 bits per heavy atom. The Bertz CT molecular complexity index is 712. The molecule has 2 aromatic carbocycles. The Kier molecular flexibility index (Phi) is 4.23. The zero-order chi connectivity index (χ0) is 14.7. The van der Waals surface area contributed by atoms with Crippen LogP contribution in [0.2, 0.25) is 5.02 Å². The van der Waals surface area contributed by atoms with Gasteiger partial charge in [0, 0.05) is 16.2 Å². The number of hydrogen-bond donors (Lipinski definition) is 0. The summed E-state index contributed by atoms with van der Waals surface area (Å²) in [5.74, 6) is 1.55. The van der Waals surface area contributed by atoms with Crippen LogP contribution in [-0.4, -0.2) is 13.2 Å². The van der Waals surface area contributed by atoms with Gasteiger partial charge >= 0.3 is 0 Å². The second-order valence-corrected chi connectivity index (χ2v) is 6.04. The lowest BCUT2D eigenvalue weighted by atomic mass is 10.2. The molecule has 0 unspecified atom stereocenters. The van der Waals surface area contributed by atoms with Gasteiger partial charge in [-0.1, -0.05) is 23.4 Å². The molecule has 0 saturated carbocycles. The Balaban J connectivity index is 1.85. The molecule has 0 radical (unpaired) electrons. The first-order valence-electron chi connectivity index (χ1n) is 6.53. The summed E-state index contributed by atoms with van der Waals surface area (Å²) in [4.78, 5) is 1.93. The quantitative estimate of drug-likeness (QED) is 0.816. The lowest BCUT2D eigenvalue weighted by Crippen LogP contribution is -1.97. The first-order valence-corrected chi connectivity index (χ1v) is 7.73. The first kappa shape index (κ1) is 14.1. The summed E-state index contributed by atoms with van der Waals surface area (Å²) in [5.41, 5.74) is 0.558. The maximum Gasteiger partial charge on any atom is 0.162 e. The molecule has 1 aliphatic heterocycles. The van der Waals surface area contributed by atoms with E-state index in [0.29, 0.717) is 23.8 Å². The fraction of sp³-hybridized carbons (Fsp3) is 0.188. The Hall–Kier alpha value is -1.83. The molecule has 0 spiro atoms. The molecule has 1 aliphatic rings. The highest BCUT2D eigenvalue weighted by Crippen LogP contribution is 2.38. The minimum atomic E-state index is 0.558. The standard InChI is InChI=1S/C16H12ClNO2S/c17-13-8-11(10-18)2-5-16(13)21-12-3-4-14-15(9-12)20-7-1-6-19-14/h2-5,8-9H,1,6-7H2. The van der Waals surface area contributed by atoms with Crippen LogP contribution in [0.15, 0.2) is 46.2 Å². The minimum Gasteiger partial charge on any atom is -0.490 e. The van der Waals surface area contributed by atoms with Gasteiger partial charge in [0.25, 0.3) is 0 Å². The molecule has 0 N–H and O–H groups in total. The van der Waals surface area contributed by atoms with Crippen molar-refractivity contribution < 1.29 is 9.47 Å². The van der Waals surface area contributed by atoms with Gasteiger partial charge in [-0.25, -0.2) is 0 Å². The second-order valence-electron chi connectivity index (χ2n) is 4.52. The molecular weight excluding hydrogens is 306 g/mol. The highest BCUT2D eigenvalue weighted by molar-refractivity contribution is 7.99. The Morgan fingerprint density at radius 1 is 1.05 bits per heavy atom. The number of halogens is 1. The first-order chi connectivity index (χ1) is 10.3. The van der Waals surface area contributed by atoms with Gasteiger partial charge in [-0.3, -0.25) is 0 Å². The van der Waals surface area contributed by atoms with E-state index >= 15 is 0 Å². The van der Waals surface area contributed by atoms with Crippen LogP contribution >= 0.6 is 23.4 Å². The molecule has 0 bridgehead atoms. The van der Waals surface area contributed by atoms with E-state index < -0.39 is 0 Å². The third-order valence-corrected chi connectivity index (χ3v) is 4.50. The SMILES string of the molecule is N#Cc1ccc(Sc2ccc3c(c2)OCCCO3)c(Cl)c1. The normalized spacial score (nSPS) is 13.3. The van der Waals surface area contributed by atoms with Crippen molar-refractivity contribution in [3.8, 4) is 17.6 Å². The highest BCUT2D eigenvalue weighted by atomic mass is 35.5. The molecule has 0 atom stereocenters. The van der Waals surface area contributed by atoms with Crippen LogP contribution in [0.25, 0.3) is 0 Å². The van der Waals surface area contributed by atoms with E-state index in [-0.39, 0.29) is 0 Å². The van der Waals surface area contributed by atoms with E-state index in [4.69, 9.17) is 26.3 Å². The molecule has 0 saturated heterocycles. The van der Waals surface area contributed by atoms with Crippen LogP contribution in [0.4, 0.5) is 0 Å². The summed E-state index contributed by atoms with van der Waals surface area (Å²) < 4.78 is 11.3. The molecule has 1 heterocycles. The van der Waals surface area contributed by atoms with Crippen LogP contribution in [0.3, 0.4) is 0 Å². The van der Waals surface area contributed by atoms with Crippen molar-refractivity contribution in [3.63, 3.8) is 0 Å². The predicted octanol–water partition coefficient (Wildman–Crippen LogP) is 4.52. The maximum absolute atomic E-state index is 8.86. The van der Waals surface area contributed by atoms with Gasteiger partial charge in [-0.15, -0.1) is 0 Å². The lowest BCUT2D eigenvalue weighted by Gasteiger charge is -2.10. The molecular formula is C16H12ClNO2S. The molecule has 21 heavy (non-hydrogen) atoms. The maximum atomic E-state index is 8.86. The monoisotopic (exact) mass is 317 g/mol. The van der Waals surface area contributed by atoms with Gasteiger partial charge in [0.15, 0.2) is 11.5 Å². The summed E-state index contributed by atoms with van der Waals surface area (Å²) in [5, 5.41) is 9.43. The lowest BCUT2D eigenvalue weighted by molar-refractivity contribution is 0.297. The van der Waals surface area contributed by atoms with Crippen molar-refractivity contribution in [2.24, 2.45) is 0 Å².